The van der Waals surface area contributed by atoms with Crippen molar-refractivity contribution in [2.24, 2.45) is 0 Å². The molecule has 0 radical (unpaired) electrons. The maximum absolute atomic E-state index is 9.95. The second-order valence-electron chi connectivity index (χ2n) is 3.42. The van der Waals surface area contributed by atoms with Gasteiger partial charge in [-0.2, -0.15) is 0 Å². The van der Waals surface area contributed by atoms with Crippen molar-refractivity contribution in [3.05, 3.63) is 30.1 Å². The van der Waals surface area contributed by atoms with E-state index < -0.39 is 5.60 Å². The fourth-order valence-electron chi connectivity index (χ4n) is 1.65. The van der Waals surface area contributed by atoms with Crippen molar-refractivity contribution in [1.29, 1.82) is 0 Å². The first-order valence-corrected chi connectivity index (χ1v) is 4.03. The van der Waals surface area contributed by atoms with E-state index in [1.54, 1.807) is 6.20 Å². The summed E-state index contributed by atoms with van der Waals surface area (Å²) >= 11 is 0. The van der Waals surface area contributed by atoms with E-state index in [9.17, 15) is 5.11 Å². The third kappa shape index (κ3) is 1.11. The van der Waals surface area contributed by atoms with E-state index >= 15 is 0 Å². The summed E-state index contributed by atoms with van der Waals surface area (Å²) in [6, 6.07) is 5.63. The zero-order valence-corrected chi connectivity index (χ0v) is 7.07. The summed E-state index contributed by atoms with van der Waals surface area (Å²) in [5.41, 5.74) is 0.0822. The average molecular weight is 164 g/mol. The molecule has 1 aliphatic rings. The Labute approximate surface area is 71.7 Å². The molecule has 1 fully saturated rings. The van der Waals surface area contributed by atoms with Crippen LogP contribution in [0.25, 0.3) is 0 Å². The number of likely N-dealkylation sites (N-methyl/N-ethyl adjacent to an activating group) is 1. The second kappa shape index (κ2) is 2.54. The molecule has 2 heterocycles. The Hall–Kier alpha value is -0.930. The predicted octanol–water partition coefficient (Wildman–Crippen LogP) is 0.215. The molecule has 0 aromatic carbocycles. The molecule has 64 valence electrons. The van der Waals surface area contributed by atoms with Crippen LogP contribution in [0.5, 0.6) is 0 Å². The highest BCUT2D eigenvalue weighted by Gasteiger charge is 2.41. The molecule has 3 nitrogen and oxygen atoms in total. The van der Waals surface area contributed by atoms with Crippen LogP contribution in [-0.2, 0) is 5.60 Å². The first kappa shape index (κ1) is 7.71. The van der Waals surface area contributed by atoms with Crippen molar-refractivity contribution in [3.63, 3.8) is 0 Å². The quantitative estimate of drug-likeness (QED) is 0.644. The SMILES string of the molecule is CN1CC(O)(c2ccccn2)C1. The van der Waals surface area contributed by atoms with Crippen LogP contribution in [0.15, 0.2) is 24.4 Å². The van der Waals surface area contributed by atoms with Crippen LogP contribution in [0.4, 0.5) is 0 Å². The molecule has 1 aromatic heterocycles. The van der Waals surface area contributed by atoms with Crippen LogP contribution < -0.4 is 0 Å². The Morgan fingerprint density at radius 1 is 1.50 bits per heavy atom. The molecule has 1 N–H and O–H groups in total. The Balaban J connectivity index is 2.21. The Kier molecular flexibility index (Phi) is 1.63. The van der Waals surface area contributed by atoms with Gasteiger partial charge in [-0.25, -0.2) is 0 Å². The average Bonchev–Trinajstić information content (AvgIpc) is 2.04. The van der Waals surface area contributed by atoms with E-state index in [-0.39, 0.29) is 0 Å². The summed E-state index contributed by atoms with van der Waals surface area (Å²) in [5, 5.41) is 9.95. The van der Waals surface area contributed by atoms with E-state index in [2.05, 4.69) is 9.88 Å². The Morgan fingerprint density at radius 3 is 2.75 bits per heavy atom. The monoisotopic (exact) mass is 164 g/mol. The smallest absolute Gasteiger partial charge is 0.132 e. The maximum atomic E-state index is 9.95. The number of aromatic nitrogens is 1. The number of rotatable bonds is 1. The van der Waals surface area contributed by atoms with Gasteiger partial charge in [-0.3, -0.25) is 9.88 Å². The van der Waals surface area contributed by atoms with E-state index in [1.807, 2.05) is 25.2 Å². The fourth-order valence-corrected chi connectivity index (χ4v) is 1.65. The molecule has 0 unspecified atom stereocenters. The highest BCUT2D eigenvalue weighted by Crippen LogP contribution is 2.28. The standard InChI is InChI=1S/C9H12N2O/c1-11-6-9(12,7-11)8-4-2-3-5-10-8/h2-5,12H,6-7H2,1H3. The van der Waals surface area contributed by atoms with Gasteiger partial charge in [0.1, 0.15) is 5.60 Å². The van der Waals surface area contributed by atoms with Gasteiger partial charge in [-0.1, -0.05) is 6.07 Å². The van der Waals surface area contributed by atoms with Crippen molar-refractivity contribution < 1.29 is 5.11 Å². The van der Waals surface area contributed by atoms with Gasteiger partial charge in [-0.15, -0.1) is 0 Å². The van der Waals surface area contributed by atoms with Crippen LogP contribution in [0.2, 0.25) is 0 Å². The van der Waals surface area contributed by atoms with Crippen molar-refractivity contribution in [2.75, 3.05) is 20.1 Å². The predicted molar refractivity (Wildman–Crippen MR) is 45.6 cm³/mol. The largest absolute Gasteiger partial charge is 0.381 e. The van der Waals surface area contributed by atoms with Gasteiger partial charge in [0, 0.05) is 19.3 Å². The van der Waals surface area contributed by atoms with Gasteiger partial charge in [0.05, 0.1) is 5.69 Å². The van der Waals surface area contributed by atoms with Crippen LogP contribution >= 0.6 is 0 Å². The summed E-state index contributed by atoms with van der Waals surface area (Å²) in [4.78, 5) is 6.19. The zero-order chi connectivity index (χ0) is 8.60. The van der Waals surface area contributed by atoms with E-state index in [4.69, 9.17) is 0 Å². The number of nitrogens with zero attached hydrogens (tertiary/aromatic N) is 2. The summed E-state index contributed by atoms with van der Waals surface area (Å²) < 4.78 is 0. The van der Waals surface area contributed by atoms with E-state index in [0.717, 1.165) is 5.69 Å². The van der Waals surface area contributed by atoms with Gasteiger partial charge < -0.3 is 5.11 Å². The lowest BCUT2D eigenvalue weighted by Gasteiger charge is -2.43. The van der Waals surface area contributed by atoms with Gasteiger partial charge in [-0.05, 0) is 19.2 Å². The van der Waals surface area contributed by atoms with Crippen molar-refractivity contribution >= 4 is 0 Å². The molecule has 0 bridgehead atoms. The summed E-state index contributed by atoms with van der Waals surface area (Å²) in [6.07, 6.45) is 1.71. The van der Waals surface area contributed by atoms with Gasteiger partial charge in [0.15, 0.2) is 0 Å². The second-order valence-corrected chi connectivity index (χ2v) is 3.42. The molecule has 2 rings (SSSR count). The van der Waals surface area contributed by atoms with Crippen LogP contribution in [0.3, 0.4) is 0 Å². The molecule has 12 heavy (non-hydrogen) atoms. The number of β-amino-alcohol motifs (C(OH)–C–C–N with tert-alkyl or cyclic N) is 1. The molecule has 1 saturated heterocycles. The number of pyridine rings is 1. The summed E-state index contributed by atoms with van der Waals surface area (Å²) in [7, 11) is 1.98. The lowest BCUT2D eigenvalue weighted by molar-refractivity contribution is -0.0949. The van der Waals surface area contributed by atoms with Crippen molar-refractivity contribution in [3.8, 4) is 0 Å². The van der Waals surface area contributed by atoms with E-state index in [0.29, 0.717) is 13.1 Å². The Bertz CT molecular complexity index is 267. The van der Waals surface area contributed by atoms with Crippen molar-refractivity contribution in [2.45, 2.75) is 5.60 Å². The minimum absolute atomic E-state index is 0.685. The normalized spacial score (nSPS) is 21.8. The number of hydrogen-bond donors (Lipinski definition) is 1. The number of hydrogen-bond acceptors (Lipinski definition) is 3. The van der Waals surface area contributed by atoms with Crippen LogP contribution in [-0.4, -0.2) is 35.1 Å². The molecule has 0 aliphatic carbocycles. The van der Waals surface area contributed by atoms with Gasteiger partial charge in [0.25, 0.3) is 0 Å². The highest BCUT2D eigenvalue weighted by atomic mass is 16.3. The summed E-state index contributed by atoms with van der Waals surface area (Å²) in [5.74, 6) is 0. The molecule has 1 aliphatic heterocycles. The lowest BCUT2D eigenvalue weighted by atomic mass is 9.91. The molecule has 0 atom stereocenters. The topological polar surface area (TPSA) is 36.4 Å². The molecule has 1 aromatic rings. The lowest BCUT2D eigenvalue weighted by Crippen LogP contribution is -2.57. The fraction of sp³-hybridized carbons (Fsp3) is 0.444. The first-order chi connectivity index (χ1) is 5.71. The van der Waals surface area contributed by atoms with E-state index in [1.165, 1.54) is 0 Å². The highest BCUT2D eigenvalue weighted by molar-refractivity contribution is 5.17. The Morgan fingerprint density at radius 2 is 2.25 bits per heavy atom. The molecular weight excluding hydrogens is 152 g/mol. The van der Waals surface area contributed by atoms with Gasteiger partial charge >= 0.3 is 0 Å². The molecule has 0 amide bonds. The third-order valence-electron chi connectivity index (χ3n) is 2.20. The summed E-state index contributed by atoms with van der Waals surface area (Å²) in [6.45, 7) is 1.37. The van der Waals surface area contributed by atoms with Crippen molar-refractivity contribution in [1.82, 2.24) is 9.88 Å². The molecule has 0 spiro atoms. The van der Waals surface area contributed by atoms with Gasteiger partial charge in [0.2, 0.25) is 0 Å². The molecule has 0 saturated carbocycles. The number of aliphatic hydroxyl groups is 1. The van der Waals surface area contributed by atoms with Crippen LogP contribution in [0, 0.1) is 0 Å². The molecule has 3 heteroatoms. The molecular formula is C9H12N2O. The minimum atomic E-state index is -0.698. The zero-order valence-electron chi connectivity index (χ0n) is 7.07. The third-order valence-corrected chi connectivity index (χ3v) is 2.20. The minimum Gasteiger partial charge on any atom is -0.381 e. The maximum Gasteiger partial charge on any atom is 0.132 e. The number of likely N-dealkylation sites (tertiary alicyclic amines) is 1. The van der Waals surface area contributed by atoms with Crippen LogP contribution in [0.1, 0.15) is 5.69 Å². The first-order valence-electron chi connectivity index (χ1n) is 4.03.